The van der Waals surface area contributed by atoms with Gasteiger partial charge in [-0.2, -0.15) is 0 Å². The van der Waals surface area contributed by atoms with Crippen LogP contribution in [0.3, 0.4) is 0 Å². The number of amides is 1. The molecule has 0 saturated carbocycles. The summed E-state index contributed by atoms with van der Waals surface area (Å²) < 4.78 is 30.7. The van der Waals surface area contributed by atoms with E-state index in [9.17, 15) is 23.3 Å². The zero-order chi connectivity index (χ0) is 20.6. The molecule has 4 rings (SSSR count). The Morgan fingerprint density at radius 2 is 1.86 bits per heavy atom. The van der Waals surface area contributed by atoms with Gasteiger partial charge in [0.15, 0.2) is 10.9 Å². The lowest BCUT2D eigenvalue weighted by Crippen LogP contribution is -2.10. The Balaban J connectivity index is 1.55. The van der Waals surface area contributed by atoms with Gasteiger partial charge in [-0.05, 0) is 24.3 Å². The molecule has 29 heavy (non-hydrogen) atoms. The molecule has 0 aliphatic carbocycles. The molecule has 0 atom stereocenters. The van der Waals surface area contributed by atoms with E-state index in [0.717, 1.165) is 47.2 Å². The summed E-state index contributed by atoms with van der Waals surface area (Å²) in [5, 5.41) is 14.1. The third-order valence-corrected chi connectivity index (χ3v) is 7.12. The van der Waals surface area contributed by atoms with Crippen LogP contribution < -0.4 is 5.32 Å². The van der Waals surface area contributed by atoms with Gasteiger partial charge in [-0.1, -0.05) is 29.5 Å². The zero-order valence-electron chi connectivity index (χ0n) is 14.4. The number of furan rings is 1. The second-order valence-electron chi connectivity index (χ2n) is 5.84. The zero-order valence-corrected chi connectivity index (χ0v) is 16.1. The highest BCUT2D eigenvalue weighted by Crippen LogP contribution is 2.30. The van der Waals surface area contributed by atoms with Crippen molar-refractivity contribution in [2.75, 3.05) is 5.32 Å². The first-order valence-electron chi connectivity index (χ1n) is 8.10. The van der Waals surface area contributed by atoms with E-state index in [-0.39, 0.29) is 25.7 Å². The number of sulfone groups is 1. The van der Waals surface area contributed by atoms with Crippen LogP contribution in [0.4, 0.5) is 10.8 Å². The Morgan fingerprint density at radius 1 is 1.14 bits per heavy atom. The molecule has 1 amide bonds. The number of benzene rings is 2. The minimum Gasteiger partial charge on any atom is -0.451 e. The summed E-state index contributed by atoms with van der Waals surface area (Å²) in [6, 6.07) is 13.2. The number of anilines is 1. The lowest BCUT2D eigenvalue weighted by Gasteiger charge is -2.01. The lowest BCUT2D eigenvalue weighted by molar-refractivity contribution is -0.384. The summed E-state index contributed by atoms with van der Waals surface area (Å²) in [5.41, 5.74) is 0.338. The van der Waals surface area contributed by atoms with E-state index in [1.807, 2.05) is 6.07 Å². The summed E-state index contributed by atoms with van der Waals surface area (Å²) in [4.78, 5) is 26.3. The molecular formula is C18H11N3O6S2. The van der Waals surface area contributed by atoms with Crippen molar-refractivity contribution in [2.24, 2.45) is 0 Å². The van der Waals surface area contributed by atoms with Gasteiger partial charge in [0.05, 0.1) is 16.0 Å². The Bertz CT molecular complexity index is 1310. The number of fused-ring (bicyclic) bond motifs is 1. The predicted molar refractivity (Wildman–Crippen MR) is 105 cm³/mol. The van der Waals surface area contributed by atoms with Crippen LogP contribution in [0.1, 0.15) is 10.6 Å². The van der Waals surface area contributed by atoms with Gasteiger partial charge in [-0.15, -0.1) is 0 Å². The van der Waals surface area contributed by atoms with Gasteiger partial charge < -0.3 is 4.42 Å². The highest BCUT2D eigenvalue weighted by molar-refractivity contribution is 7.93. The van der Waals surface area contributed by atoms with Crippen molar-refractivity contribution in [1.82, 2.24) is 4.98 Å². The summed E-state index contributed by atoms with van der Waals surface area (Å²) in [5.74, 6) is -0.490. The average Bonchev–Trinajstić information content (AvgIpc) is 3.35. The smallest absolute Gasteiger partial charge is 0.293 e. The predicted octanol–water partition coefficient (Wildman–Crippen LogP) is 3.88. The monoisotopic (exact) mass is 429 g/mol. The molecule has 9 nitrogen and oxygen atoms in total. The number of thiazole rings is 1. The van der Waals surface area contributed by atoms with Crippen LogP contribution >= 0.6 is 11.3 Å². The second-order valence-corrected chi connectivity index (χ2v) is 9.05. The van der Waals surface area contributed by atoms with Crippen molar-refractivity contribution in [3.8, 4) is 0 Å². The SMILES string of the molecule is O=C(Nc1ncc(S(=O)(=O)c2ccc([N+](=O)[O-])cc2)s1)c1cc2ccccc2o1. The van der Waals surface area contributed by atoms with Crippen LogP contribution in [-0.2, 0) is 9.84 Å². The van der Waals surface area contributed by atoms with E-state index in [0.29, 0.717) is 5.58 Å². The Morgan fingerprint density at radius 3 is 2.55 bits per heavy atom. The molecule has 0 aliphatic heterocycles. The minimum atomic E-state index is -3.92. The molecule has 0 bridgehead atoms. The maximum absolute atomic E-state index is 12.7. The van der Waals surface area contributed by atoms with Crippen LogP contribution in [0.2, 0.25) is 0 Å². The Kier molecular flexibility index (Phi) is 4.60. The van der Waals surface area contributed by atoms with Crippen LogP contribution in [0.5, 0.6) is 0 Å². The van der Waals surface area contributed by atoms with E-state index in [1.165, 1.54) is 0 Å². The number of carbonyl (C=O) groups is 1. The standard InChI is InChI=1S/C18H11N3O6S2/c22-17(15-9-11-3-1-2-4-14(11)27-15)20-18-19-10-16(28-18)29(25,26)13-7-5-12(6-8-13)21(23)24/h1-10H,(H,19,20,22). The highest BCUT2D eigenvalue weighted by Gasteiger charge is 2.23. The number of hydrogen-bond donors (Lipinski definition) is 1. The first kappa shape index (κ1) is 18.8. The molecule has 2 heterocycles. The molecule has 146 valence electrons. The Hall–Kier alpha value is -3.57. The fraction of sp³-hybridized carbons (Fsp3) is 0. The summed E-state index contributed by atoms with van der Waals surface area (Å²) in [6.45, 7) is 0. The van der Waals surface area contributed by atoms with Crippen LogP contribution in [0.25, 0.3) is 11.0 Å². The number of rotatable bonds is 5. The molecule has 4 aromatic rings. The summed E-state index contributed by atoms with van der Waals surface area (Å²) >= 11 is 0.768. The van der Waals surface area contributed by atoms with Crippen LogP contribution in [-0.4, -0.2) is 24.2 Å². The molecule has 0 radical (unpaired) electrons. The molecule has 0 aliphatic rings. The normalized spacial score (nSPS) is 11.4. The number of para-hydroxylation sites is 1. The number of aromatic nitrogens is 1. The number of hydrogen-bond acceptors (Lipinski definition) is 8. The number of nitro groups is 1. The molecule has 2 aromatic heterocycles. The fourth-order valence-electron chi connectivity index (χ4n) is 2.56. The van der Waals surface area contributed by atoms with Gasteiger partial charge in [0.1, 0.15) is 9.79 Å². The number of nitrogens with one attached hydrogen (secondary N) is 1. The minimum absolute atomic E-state index is 0.0705. The molecule has 0 fully saturated rings. The van der Waals surface area contributed by atoms with Crippen molar-refractivity contribution in [1.29, 1.82) is 0 Å². The van der Waals surface area contributed by atoms with Crippen LogP contribution in [0.15, 0.2) is 74.3 Å². The number of non-ortho nitro benzene ring substituents is 1. The van der Waals surface area contributed by atoms with Crippen molar-refractivity contribution >= 4 is 48.9 Å². The number of nitro benzene ring substituents is 1. The molecule has 0 unspecified atom stereocenters. The lowest BCUT2D eigenvalue weighted by atomic mass is 10.2. The van der Waals surface area contributed by atoms with Gasteiger partial charge in [0, 0.05) is 17.5 Å². The fourth-order valence-corrected chi connectivity index (χ4v) is 4.98. The molecule has 1 N–H and O–H groups in total. The first-order valence-corrected chi connectivity index (χ1v) is 10.4. The summed E-state index contributed by atoms with van der Waals surface area (Å²) in [7, 11) is -3.92. The van der Waals surface area contributed by atoms with E-state index >= 15 is 0 Å². The summed E-state index contributed by atoms with van der Waals surface area (Å²) in [6.07, 6.45) is 1.12. The average molecular weight is 429 g/mol. The molecule has 0 spiro atoms. The molecule has 0 saturated heterocycles. The van der Waals surface area contributed by atoms with Crippen LogP contribution in [0, 0.1) is 10.1 Å². The van der Waals surface area contributed by atoms with Gasteiger partial charge in [0.2, 0.25) is 9.84 Å². The van der Waals surface area contributed by atoms with Gasteiger partial charge in [-0.3, -0.25) is 20.2 Å². The highest BCUT2D eigenvalue weighted by atomic mass is 32.2. The number of nitrogens with zero attached hydrogens (tertiary/aromatic N) is 2. The molecule has 2 aromatic carbocycles. The van der Waals surface area contributed by atoms with Crippen molar-refractivity contribution in [3.63, 3.8) is 0 Å². The van der Waals surface area contributed by atoms with Crippen molar-refractivity contribution in [3.05, 3.63) is 76.7 Å². The topological polar surface area (TPSA) is 132 Å². The maximum Gasteiger partial charge on any atom is 0.293 e. The second kappa shape index (κ2) is 7.11. The van der Waals surface area contributed by atoms with Gasteiger partial charge in [-0.25, -0.2) is 13.4 Å². The van der Waals surface area contributed by atoms with E-state index in [4.69, 9.17) is 4.42 Å². The largest absolute Gasteiger partial charge is 0.451 e. The Labute approximate surface area is 167 Å². The third-order valence-electron chi connectivity index (χ3n) is 3.98. The van der Waals surface area contributed by atoms with E-state index < -0.39 is 20.7 Å². The van der Waals surface area contributed by atoms with Gasteiger partial charge >= 0.3 is 0 Å². The van der Waals surface area contributed by atoms with E-state index in [1.54, 1.807) is 24.3 Å². The quantitative estimate of drug-likeness (QED) is 0.376. The van der Waals surface area contributed by atoms with E-state index in [2.05, 4.69) is 10.3 Å². The molecular weight excluding hydrogens is 418 g/mol. The number of carbonyl (C=O) groups excluding carboxylic acids is 1. The van der Waals surface area contributed by atoms with Gasteiger partial charge in [0.25, 0.3) is 11.6 Å². The van der Waals surface area contributed by atoms with Crippen molar-refractivity contribution in [2.45, 2.75) is 9.10 Å². The van der Waals surface area contributed by atoms with Crippen molar-refractivity contribution < 1.29 is 22.6 Å². The third kappa shape index (κ3) is 3.60. The molecule has 11 heteroatoms. The maximum atomic E-state index is 12.7. The first-order chi connectivity index (χ1) is 13.8.